The van der Waals surface area contributed by atoms with Crippen molar-refractivity contribution in [3.05, 3.63) is 79.6 Å². The fourth-order valence-electron chi connectivity index (χ4n) is 4.71. The van der Waals surface area contributed by atoms with Crippen molar-refractivity contribution in [3.8, 4) is 0 Å². The van der Waals surface area contributed by atoms with Gasteiger partial charge in [0, 0.05) is 56.7 Å². The van der Waals surface area contributed by atoms with E-state index in [9.17, 15) is 0 Å². The summed E-state index contributed by atoms with van der Waals surface area (Å²) in [6.45, 7) is 16.0. The first-order chi connectivity index (χ1) is 18.4. The molecule has 38 heavy (non-hydrogen) atoms. The largest absolute Gasteiger partial charge is 0.379 e. The molecule has 1 fully saturated rings. The van der Waals surface area contributed by atoms with E-state index in [1.54, 1.807) is 12.3 Å². The number of guanidine groups is 1. The fraction of sp³-hybridized carbons (Fsp3) is 0.433. The average Bonchev–Trinajstić information content (AvgIpc) is 3.32. The number of likely N-dealkylation sites (N-methyl/N-ethyl adjacent to an activating group) is 1. The van der Waals surface area contributed by atoms with Gasteiger partial charge in [0.25, 0.3) is 0 Å². The van der Waals surface area contributed by atoms with Crippen molar-refractivity contribution < 1.29 is 0 Å². The molecule has 0 spiro atoms. The zero-order valence-corrected chi connectivity index (χ0v) is 23.3. The van der Waals surface area contributed by atoms with Gasteiger partial charge < -0.3 is 25.4 Å². The van der Waals surface area contributed by atoms with Gasteiger partial charge in [-0.25, -0.2) is 9.98 Å². The Kier molecular flexibility index (Phi) is 11.2. The van der Waals surface area contributed by atoms with Gasteiger partial charge in [0.15, 0.2) is 0 Å². The van der Waals surface area contributed by atoms with Crippen LogP contribution in [-0.4, -0.2) is 71.3 Å². The van der Waals surface area contributed by atoms with Crippen LogP contribution >= 0.6 is 0 Å². The van der Waals surface area contributed by atoms with Gasteiger partial charge in [-0.2, -0.15) is 0 Å². The van der Waals surface area contributed by atoms with Crippen LogP contribution in [0.25, 0.3) is 11.0 Å². The van der Waals surface area contributed by atoms with Crippen molar-refractivity contribution >= 4 is 22.8 Å². The molecular formula is C30H44N8. The summed E-state index contributed by atoms with van der Waals surface area (Å²) in [6.07, 6.45) is 16.4. The number of rotatable bonds is 12. The van der Waals surface area contributed by atoms with Crippen molar-refractivity contribution in [2.75, 3.05) is 33.7 Å². The van der Waals surface area contributed by atoms with Crippen molar-refractivity contribution in [1.82, 2.24) is 30.4 Å². The highest BCUT2D eigenvalue weighted by Gasteiger charge is 2.24. The number of aromatic amines is 1. The smallest absolute Gasteiger partial charge is 0.206 e. The van der Waals surface area contributed by atoms with Crippen molar-refractivity contribution in [3.63, 3.8) is 0 Å². The Hall–Kier alpha value is -3.81. The van der Waals surface area contributed by atoms with Crippen LogP contribution in [0.3, 0.4) is 0 Å². The lowest BCUT2D eigenvalue weighted by atomic mass is 9.94. The van der Waals surface area contributed by atoms with Crippen LogP contribution in [-0.2, 0) is 6.42 Å². The number of pyridine rings is 1. The van der Waals surface area contributed by atoms with Gasteiger partial charge in [-0.15, -0.1) is 6.58 Å². The third kappa shape index (κ3) is 8.36. The van der Waals surface area contributed by atoms with Crippen LogP contribution in [0.5, 0.6) is 0 Å². The first-order valence-corrected chi connectivity index (χ1v) is 13.5. The highest BCUT2D eigenvalue weighted by molar-refractivity contribution is 5.95. The highest BCUT2D eigenvalue weighted by Crippen LogP contribution is 2.23. The predicted molar refractivity (Wildman–Crippen MR) is 161 cm³/mol. The zero-order valence-electron chi connectivity index (χ0n) is 23.3. The summed E-state index contributed by atoms with van der Waals surface area (Å²) in [5.41, 5.74) is 3.21. The van der Waals surface area contributed by atoms with Gasteiger partial charge in [0.05, 0.1) is 12.4 Å². The molecule has 3 rings (SSSR count). The van der Waals surface area contributed by atoms with E-state index in [-0.39, 0.29) is 0 Å². The minimum Gasteiger partial charge on any atom is -0.379 e. The minimum atomic E-state index is 0.408. The topological polar surface area (TPSA) is 83.9 Å². The minimum absolute atomic E-state index is 0.408. The van der Waals surface area contributed by atoms with E-state index in [4.69, 9.17) is 9.98 Å². The highest BCUT2D eigenvalue weighted by atomic mass is 15.3. The Balaban J connectivity index is 1.74. The van der Waals surface area contributed by atoms with Crippen molar-refractivity contribution in [2.45, 2.75) is 51.5 Å². The summed E-state index contributed by atoms with van der Waals surface area (Å²) in [5, 5.41) is 8.05. The molecule has 0 atom stereocenters. The molecule has 0 aliphatic heterocycles. The second-order valence-corrected chi connectivity index (χ2v) is 9.81. The quantitative estimate of drug-likeness (QED) is 0.160. The first-order valence-electron chi connectivity index (χ1n) is 13.5. The summed E-state index contributed by atoms with van der Waals surface area (Å²) in [5.74, 6) is 2.17. The number of H-pyrrole nitrogens is 1. The lowest BCUT2D eigenvalue weighted by Gasteiger charge is -2.36. The van der Waals surface area contributed by atoms with E-state index in [0.717, 1.165) is 48.5 Å². The van der Waals surface area contributed by atoms with Crippen LogP contribution in [0.1, 0.15) is 44.6 Å². The van der Waals surface area contributed by atoms with Crippen molar-refractivity contribution in [1.29, 1.82) is 0 Å². The summed E-state index contributed by atoms with van der Waals surface area (Å²) in [4.78, 5) is 21.7. The molecule has 1 aliphatic carbocycles. The molecule has 0 saturated heterocycles. The molecule has 1 aliphatic rings. The normalized spacial score (nSPS) is 15.3. The zero-order chi connectivity index (χ0) is 27.3. The van der Waals surface area contributed by atoms with E-state index in [1.807, 2.05) is 50.3 Å². The lowest BCUT2D eigenvalue weighted by molar-refractivity contribution is 0.255. The molecule has 2 aromatic rings. The number of nitrogens with zero attached hydrogens (tertiary/aromatic N) is 5. The van der Waals surface area contributed by atoms with Gasteiger partial charge in [-0.3, -0.25) is 4.99 Å². The van der Waals surface area contributed by atoms with Crippen LogP contribution in [0, 0.1) is 0 Å². The number of allylic oxidation sites excluding steroid dienone is 2. The number of aliphatic imine (C=N–C) groups is 2. The van der Waals surface area contributed by atoms with E-state index in [1.165, 1.54) is 24.8 Å². The number of hydrogen-bond acceptors (Lipinski definition) is 4. The maximum atomic E-state index is 4.95. The lowest BCUT2D eigenvalue weighted by Crippen LogP contribution is -2.49. The van der Waals surface area contributed by atoms with Gasteiger partial charge in [-0.1, -0.05) is 44.6 Å². The van der Waals surface area contributed by atoms with Crippen LogP contribution in [0.4, 0.5) is 0 Å². The maximum Gasteiger partial charge on any atom is 0.206 e. The molecule has 0 unspecified atom stereocenters. The molecule has 204 valence electrons. The van der Waals surface area contributed by atoms with Crippen LogP contribution < -0.4 is 10.6 Å². The molecule has 0 amide bonds. The van der Waals surface area contributed by atoms with Crippen LogP contribution in [0.15, 0.2) is 84.0 Å². The molecule has 2 aromatic heterocycles. The van der Waals surface area contributed by atoms with Crippen LogP contribution in [0.2, 0.25) is 0 Å². The number of hydrogen-bond donors (Lipinski definition) is 3. The fourth-order valence-corrected chi connectivity index (χ4v) is 4.71. The third-order valence-electron chi connectivity index (χ3n) is 6.77. The molecular weight excluding hydrogens is 472 g/mol. The summed E-state index contributed by atoms with van der Waals surface area (Å²) in [6, 6.07) is 4.47. The Morgan fingerprint density at radius 3 is 2.74 bits per heavy atom. The third-order valence-corrected chi connectivity index (χ3v) is 6.77. The second kappa shape index (κ2) is 14.8. The summed E-state index contributed by atoms with van der Waals surface area (Å²) >= 11 is 0. The number of amidine groups is 1. The molecule has 1 saturated carbocycles. The molecule has 0 bridgehead atoms. The van der Waals surface area contributed by atoms with E-state index < -0.39 is 0 Å². The Morgan fingerprint density at radius 2 is 2.03 bits per heavy atom. The monoisotopic (exact) mass is 516 g/mol. The van der Waals surface area contributed by atoms with Gasteiger partial charge in [-0.05, 0) is 50.0 Å². The van der Waals surface area contributed by atoms with E-state index in [0.29, 0.717) is 30.8 Å². The van der Waals surface area contributed by atoms with E-state index in [2.05, 4.69) is 51.3 Å². The number of nitrogens with one attached hydrogen (secondary N) is 3. The second-order valence-electron chi connectivity index (χ2n) is 9.81. The first kappa shape index (κ1) is 28.8. The van der Waals surface area contributed by atoms with Crippen molar-refractivity contribution in [2.24, 2.45) is 9.98 Å². The van der Waals surface area contributed by atoms with E-state index >= 15 is 0 Å². The van der Waals surface area contributed by atoms with Gasteiger partial charge in [0.1, 0.15) is 11.5 Å². The standard InChI is InChI=1S/C30H44N8/c1-7-13-27(37(5)6)22-33-24(4)36-30(38(20-8-2)26-14-10-9-11-15-26)35-23(3)31-19-17-25-21-34-29-28(25)16-12-18-32-29/h7-8,12-13,16,18,21,26,31H,1-3,9-11,14-15,17,19-20,22H2,4-6H3,(H,32,34)(H,33,35,36)/b27-13-. The molecule has 3 N–H and O–H groups in total. The number of fused-ring (bicyclic) bond motifs is 1. The van der Waals surface area contributed by atoms with Gasteiger partial charge >= 0.3 is 0 Å². The molecule has 0 radical (unpaired) electrons. The average molecular weight is 517 g/mol. The maximum absolute atomic E-state index is 4.95. The Morgan fingerprint density at radius 1 is 1.24 bits per heavy atom. The molecule has 0 aromatic carbocycles. The Bertz CT molecular complexity index is 1160. The SMILES string of the molecule is C=C/C=C(/CN=C(C)N=C(NC(=C)NCCc1c[nH]c2ncccc12)N(CC=C)C1CCCCC1)N(C)C. The Labute approximate surface area is 228 Å². The molecule has 8 nitrogen and oxygen atoms in total. The molecule has 2 heterocycles. The molecule has 8 heteroatoms. The summed E-state index contributed by atoms with van der Waals surface area (Å²) < 4.78 is 0. The summed E-state index contributed by atoms with van der Waals surface area (Å²) in [7, 11) is 4.02. The van der Waals surface area contributed by atoms with Gasteiger partial charge in [0.2, 0.25) is 5.96 Å². The predicted octanol–water partition coefficient (Wildman–Crippen LogP) is 4.98. The number of aromatic nitrogens is 2.